The van der Waals surface area contributed by atoms with E-state index in [0.29, 0.717) is 32.6 Å². The van der Waals surface area contributed by atoms with Crippen LogP contribution < -0.4 is 4.90 Å². The van der Waals surface area contributed by atoms with Gasteiger partial charge in [0, 0.05) is 38.2 Å². The Morgan fingerprint density at radius 1 is 0.756 bits per heavy atom. The highest BCUT2D eigenvalue weighted by Crippen LogP contribution is 2.30. The summed E-state index contributed by atoms with van der Waals surface area (Å²) >= 11 is 0. The van der Waals surface area contributed by atoms with E-state index in [1.165, 1.54) is 0 Å². The van der Waals surface area contributed by atoms with Crippen molar-refractivity contribution in [3.8, 4) is 5.69 Å². The third-order valence-electron chi connectivity index (χ3n) is 7.82. The van der Waals surface area contributed by atoms with E-state index in [1.807, 2.05) is 95.4 Å². The van der Waals surface area contributed by atoms with Crippen LogP contribution in [0.5, 0.6) is 0 Å². The second-order valence-corrected chi connectivity index (χ2v) is 10.5. The predicted octanol–water partition coefficient (Wildman–Crippen LogP) is 5.83. The average Bonchev–Trinajstić information content (AvgIpc) is 3.37. The smallest absolute Gasteiger partial charge is 0.254 e. The molecule has 1 fully saturated rings. The number of para-hydroxylation sites is 1. The van der Waals surface area contributed by atoms with Crippen LogP contribution in [-0.4, -0.2) is 56.7 Å². The van der Waals surface area contributed by atoms with Crippen LogP contribution in [0.2, 0.25) is 0 Å². The minimum Gasteiger partial charge on any atom is -0.352 e. The van der Waals surface area contributed by atoms with Crippen LogP contribution in [-0.2, 0) is 6.42 Å². The number of fused-ring (bicyclic) bond motifs is 2. The lowest BCUT2D eigenvalue weighted by Gasteiger charge is -2.36. The Morgan fingerprint density at radius 2 is 1.44 bits per heavy atom. The Labute approximate surface area is 238 Å². The number of carbonyl (C=O) groups is 1. The summed E-state index contributed by atoms with van der Waals surface area (Å²) in [5.41, 5.74) is 4.57. The average molecular weight is 539 g/mol. The first-order valence-corrected chi connectivity index (χ1v) is 14.0. The Morgan fingerprint density at radius 3 is 2.22 bits per heavy atom. The number of amides is 1. The molecule has 0 N–H and O–H groups in total. The molecule has 1 aliphatic rings. The van der Waals surface area contributed by atoms with Gasteiger partial charge in [-0.3, -0.25) is 4.79 Å². The van der Waals surface area contributed by atoms with Crippen molar-refractivity contribution in [3.05, 3.63) is 126 Å². The maximum atomic E-state index is 13.6. The van der Waals surface area contributed by atoms with Gasteiger partial charge in [-0.15, -0.1) is 0 Å². The fourth-order valence-corrected chi connectivity index (χ4v) is 5.74. The van der Waals surface area contributed by atoms with Gasteiger partial charge in [0.1, 0.15) is 11.6 Å². The molecule has 202 valence electrons. The molecule has 3 heterocycles. The van der Waals surface area contributed by atoms with Crippen molar-refractivity contribution in [2.45, 2.75) is 13.3 Å². The Bertz CT molecular complexity index is 1850. The lowest BCUT2D eigenvalue weighted by atomic mass is 10.0. The second kappa shape index (κ2) is 10.5. The lowest BCUT2D eigenvalue weighted by Crippen LogP contribution is -2.49. The monoisotopic (exact) mass is 538 g/mol. The zero-order chi connectivity index (χ0) is 27.8. The van der Waals surface area contributed by atoms with Crippen LogP contribution in [0.25, 0.3) is 27.5 Å². The summed E-state index contributed by atoms with van der Waals surface area (Å²) in [4.78, 5) is 28.0. The first kappa shape index (κ1) is 25.0. The number of anilines is 1. The third-order valence-corrected chi connectivity index (χ3v) is 7.82. The van der Waals surface area contributed by atoms with Crippen LogP contribution in [0.15, 0.2) is 103 Å². The van der Waals surface area contributed by atoms with Gasteiger partial charge in [0.05, 0.1) is 16.8 Å². The molecule has 0 saturated carbocycles. The van der Waals surface area contributed by atoms with E-state index in [4.69, 9.17) is 15.1 Å². The molecule has 0 spiro atoms. The van der Waals surface area contributed by atoms with Gasteiger partial charge < -0.3 is 9.80 Å². The summed E-state index contributed by atoms with van der Waals surface area (Å²) in [5.74, 6) is 1.72. The molecule has 1 amide bonds. The van der Waals surface area contributed by atoms with Crippen molar-refractivity contribution in [1.82, 2.24) is 24.6 Å². The lowest BCUT2D eigenvalue weighted by molar-refractivity contribution is 0.0748. The maximum Gasteiger partial charge on any atom is 0.254 e. The molecule has 0 unspecified atom stereocenters. The summed E-state index contributed by atoms with van der Waals surface area (Å²) in [5, 5.41) is 7.93. The minimum absolute atomic E-state index is 0.0760. The largest absolute Gasteiger partial charge is 0.352 e. The predicted molar refractivity (Wildman–Crippen MR) is 163 cm³/mol. The number of nitrogens with zero attached hydrogens (tertiary/aromatic N) is 6. The minimum atomic E-state index is 0.0760. The molecular formula is C34H30N6O. The Balaban J connectivity index is 1.23. The van der Waals surface area contributed by atoms with Gasteiger partial charge in [-0.2, -0.15) is 5.10 Å². The highest BCUT2D eigenvalue weighted by atomic mass is 16.2. The van der Waals surface area contributed by atoms with Crippen LogP contribution in [0.1, 0.15) is 27.4 Å². The van der Waals surface area contributed by atoms with E-state index in [2.05, 4.69) is 29.2 Å². The van der Waals surface area contributed by atoms with E-state index < -0.39 is 0 Å². The first-order chi connectivity index (χ1) is 20.2. The molecule has 0 atom stereocenters. The second-order valence-electron chi connectivity index (χ2n) is 10.5. The quantitative estimate of drug-likeness (QED) is 0.276. The van der Waals surface area contributed by atoms with Gasteiger partial charge in [-0.1, -0.05) is 84.9 Å². The maximum absolute atomic E-state index is 13.6. The Hall–Kier alpha value is -5.04. The van der Waals surface area contributed by atoms with Gasteiger partial charge in [0.15, 0.2) is 5.65 Å². The van der Waals surface area contributed by atoms with Crippen LogP contribution in [0.3, 0.4) is 0 Å². The summed E-state index contributed by atoms with van der Waals surface area (Å²) in [6.07, 6.45) is 0.627. The summed E-state index contributed by atoms with van der Waals surface area (Å²) in [6, 6.07) is 34.4. The van der Waals surface area contributed by atoms with Crippen molar-refractivity contribution < 1.29 is 4.79 Å². The van der Waals surface area contributed by atoms with E-state index in [-0.39, 0.29) is 5.91 Å². The van der Waals surface area contributed by atoms with Gasteiger partial charge in [0.2, 0.25) is 0 Å². The number of rotatable bonds is 5. The third kappa shape index (κ3) is 4.69. The molecule has 7 rings (SSSR count). The summed E-state index contributed by atoms with van der Waals surface area (Å²) in [6.45, 7) is 4.62. The summed E-state index contributed by atoms with van der Waals surface area (Å²) < 4.78 is 1.92. The van der Waals surface area contributed by atoms with Gasteiger partial charge >= 0.3 is 0 Å². The van der Waals surface area contributed by atoms with Crippen molar-refractivity contribution in [1.29, 1.82) is 0 Å². The molecular weight excluding hydrogens is 508 g/mol. The molecule has 41 heavy (non-hydrogen) atoms. The van der Waals surface area contributed by atoms with E-state index >= 15 is 0 Å². The molecule has 1 aliphatic heterocycles. The number of piperazine rings is 1. The molecule has 2 aromatic heterocycles. The molecule has 6 aromatic rings. The van der Waals surface area contributed by atoms with Crippen molar-refractivity contribution >= 4 is 33.5 Å². The number of aromatic nitrogens is 4. The normalized spacial score (nSPS) is 13.7. The zero-order valence-corrected chi connectivity index (χ0v) is 22.9. The number of hydrogen-bond donors (Lipinski definition) is 0. The molecule has 7 heteroatoms. The van der Waals surface area contributed by atoms with Crippen LogP contribution in [0.4, 0.5) is 5.82 Å². The van der Waals surface area contributed by atoms with Gasteiger partial charge in [-0.25, -0.2) is 14.6 Å². The number of hydrogen-bond acceptors (Lipinski definition) is 5. The number of aryl methyl sites for hydroxylation is 1. The zero-order valence-electron chi connectivity index (χ0n) is 22.9. The Kier molecular flexibility index (Phi) is 6.39. The highest BCUT2D eigenvalue weighted by molar-refractivity contribution is 6.07. The molecule has 0 bridgehead atoms. The number of carbonyl (C=O) groups excluding carboxylic acids is 1. The molecule has 7 nitrogen and oxygen atoms in total. The molecule has 1 saturated heterocycles. The molecule has 4 aromatic carbocycles. The molecule has 0 aliphatic carbocycles. The van der Waals surface area contributed by atoms with E-state index in [9.17, 15) is 4.79 Å². The fourth-order valence-electron chi connectivity index (χ4n) is 5.74. The first-order valence-electron chi connectivity index (χ1n) is 14.0. The van der Waals surface area contributed by atoms with Crippen LogP contribution in [0, 0.1) is 6.92 Å². The van der Waals surface area contributed by atoms with E-state index in [1.54, 1.807) is 0 Å². The van der Waals surface area contributed by atoms with Gasteiger partial charge in [-0.05, 0) is 41.5 Å². The topological polar surface area (TPSA) is 67.2 Å². The van der Waals surface area contributed by atoms with Crippen molar-refractivity contribution in [2.24, 2.45) is 0 Å². The van der Waals surface area contributed by atoms with Crippen LogP contribution >= 0.6 is 0 Å². The van der Waals surface area contributed by atoms with Gasteiger partial charge in [0.25, 0.3) is 5.91 Å². The van der Waals surface area contributed by atoms with Crippen molar-refractivity contribution in [2.75, 3.05) is 31.1 Å². The summed E-state index contributed by atoms with van der Waals surface area (Å²) in [7, 11) is 0. The molecule has 0 radical (unpaired) electrons. The highest BCUT2D eigenvalue weighted by Gasteiger charge is 2.27. The SMILES string of the molecule is Cc1nn(-c2ccccc2)c2nc(Cc3ccccc3)nc(N3CCN(C(=O)c4cccc5ccccc45)CC3)c12. The number of benzene rings is 4. The fraction of sp³-hybridized carbons (Fsp3) is 0.176. The van der Waals surface area contributed by atoms with Crippen molar-refractivity contribution in [3.63, 3.8) is 0 Å². The standard InChI is InChI=1S/C34H30N6O/c1-24-31-32(38-19-21-39(22-20-38)34(41)29-18-10-14-26-13-8-9-17-28(26)29)35-30(23-25-11-4-2-5-12-25)36-33(31)40(37-24)27-15-6-3-7-16-27/h2-18H,19-23H2,1H3. The van der Waals surface area contributed by atoms with E-state index in [0.717, 1.165) is 56.0 Å².